The molecule has 1 aliphatic heterocycles. The standard InChI is InChI=1S/C14H9F4N3O3/c15-7-3-1-2-6-10(7)13(24)21(20-11(6)14(16,17)18)8-4-5-9(22)19-12(8)23/h1-3,8H,4-5H2,(H,19,22,23). The van der Waals surface area contributed by atoms with Crippen LogP contribution in [0.15, 0.2) is 23.0 Å². The van der Waals surface area contributed by atoms with Crippen LogP contribution in [0.2, 0.25) is 0 Å². The number of rotatable bonds is 1. The van der Waals surface area contributed by atoms with Crippen LogP contribution in [-0.4, -0.2) is 21.6 Å². The van der Waals surface area contributed by atoms with E-state index in [4.69, 9.17) is 0 Å². The van der Waals surface area contributed by atoms with Gasteiger partial charge in [-0.05, 0) is 12.5 Å². The first kappa shape index (κ1) is 16.1. The Kier molecular flexibility index (Phi) is 3.61. The Bertz CT molecular complexity index is 920. The fourth-order valence-corrected chi connectivity index (χ4v) is 2.60. The van der Waals surface area contributed by atoms with Crippen molar-refractivity contribution in [2.45, 2.75) is 25.1 Å². The van der Waals surface area contributed by atoms with Crippen LogP contribution in [-0.2, 0) is 15.8 Å². The summed E-state index contributed by atoms with van der Waals surface area (Å²) in [6.07, 6.45) is -5.32. The third-order valence-corrected chi connectivity index (χ3v) is 3.67. The first-order valence-corrected chi connectivity index (χ1v) is 6.82. The maximum absolute atomic E-state index is 14.0. The summed E-state index contributed by atoms with van der Waals surface area (Å²) in [7, 11) is 0. The zero-order chi connectivity index (χ0) is 17.6. The third kappa shape index (κ3) is 2.53. The number of carbonyl (C=O) groups is 2. The van der Waals surface area contributed by atoms with Gasteiger partial charge in [-0.1, -0.05) is 12.1 Å². The Morgan fingerprint density at radius 2 is 1.92 bits per heavy atom. The molecule has 1 aromatic heterocycles. The van der Waals surface area contributed by atoms with Gasteiger partial charge < -0.3 is 0 Å². The van der Waals surface area contributed by atoms with Crippen molar-refractivity contribution in [3.63, 3.8) is 0 Å². The molecule has 1 aromatic carbocycles. The summed E-state index contributed by atoms with van der Waals surface area (Å²) in [5.74, 6) is -2.71. The molecule has 2 heterocycles. The molecule has 1 fully saturated rings. The molecule has 0 saturated carbocycles. The highest BCUT2D eigenvalue weighted by molar-refractivity contribution is 5.99. The van der Waals surface area contributed by atoms with Gasteiger partial charge in [-0.2, -0.15) is 18.3 Å². The fourth-order valence-electron chi connectivity index (χ4n) is 2.60. The number of fused-ring (bicyclic) bond motifs is 1. The van der Waals surface area contributed by atoms with Gasteiger partial charge in [0.15, 0.2) is 5.69 Å². The minimum absolute atomic E-state index is 0.165. The van der Waals surface area contributed by atoms with Gasteiger partial charge >= 0.3 is 6.18 Å². The molecule has 1 saturated heterocycles. The van der Waals surface area contributed by atoms with Gasteiger partial charge in [0.05, 0.1) is 5.39 Å². The van der Waals surface area contributed by atoms with E-state index >= 15 is 0 Å². The van der Waals surface area contributed by atoms with E-state index in [1.165, 1.54) is 0 Å². The summed E-state index contributed by atoms with van der Waals surface area (Å²) in [6.45, 7) is 0. The molecule has 0 spiro atoms. The quantitative estimate of drug-likeness (QED) is 0.629. The van der Waals surface area contributed by atoms with Crippen molar-refractivity contribution < 1.29 is 27.2 Å². The van der Waals surface area contributed by atoms with Crippen molar-refractivity contribution in [1.82, 2.24) is 15.1 Å². The third-order valence-electron chi connectivity index (χ3n) is 3.67. The molecule has 0 aliphatic carbocycles. The van der Waals surface area contributed by atoms with Crippen LogP contribution >= 0.6 is 0 Å². The topological polar surface area (TPSA) is 81.1 Å². The minimum atomic E-state index is -4.96. The molecule has 0 bridgehead atoms. The summed E-state index contributed by atoms with van der Waals surface area (Å²) in [5.41, 5.74) is -2.63. The molecule has 1 N–H and O–H groups in total. The Morgan fingerprint density at radius 1 is 1.21 bits per heavy atom. The van der Waals surface area contributed by atoms with Crippen LogP contribution in [0.5, 0.6) is 0 Å². The number of carbonyl (C=O) groups excluding carboxylic acids is 2. The molecule has 2 amide bonds. The zero-order valence-electron chi connectivity index (χ0n) is 11.9. The number of nitrogens with zero attached hydrogens (tertiary/aromatic N) is 2. The maximum atomic E-state index is 14.0. The number of nitrogens with one attached hydrogen (secondary N) is 1. The van der Waals surface area contributed by atoms with Gasteiger partial charge in [0.1, 0.15) is 11.9 Å². The van der Waals surface area contributed by atoms with Crippen LogP contribution in [0.1, 0.15) is 24.6 Å². The van der Waals surface area contributed by atoms with Gasteiger partial charge in [0.2, 0.25) is 5.91 Å². The number of hydrogen-bond acceptors (Lipinski definition) is 4. The lowest BCUT2D eigenvalue weighted by Gasteiger charge is -2.23. The highest BCUT2D eigenvalue weighted by atomic mass is 19.4. The average Bonchev–Trinajstić information content (AvgIpc) is 2.47. The maximum Gasteiger partial charge on any atom is 0.435 e. The van der Waals surface area contributed by atoms with E-state index in [1.54, 1.807) is 0 Å². The van der Waals surface area contributed by atoms with Gasteiger partial charge in [0.25, 0.3) is 11.5 Å². The van der Waals surface area contributed by atoms with E-state index < -0.39 is 51.9 Å². The van der Waals surface area contributed by atoms with E-state index in [0.717, 1.165) is 18.2 Å². The first-order chi connectivity index (χ1) is 11.2. The predicted molar refractivity (Wildman–Crippen MR) is 72.4 cm³/mol. The lowest BCUT2D eigenvalue weighted by atomic mass is 10.1. The summed E-state index contributed by atoms with van der Waals surface area (Å²) in [6, 6.07) is 1.40. The summed E-state index contributed by atoms with van der Waals surface area (Å²) in [5, 5.41) is 3.69. The Morgan fingerprint density at radius 3 is 2.54 bits per heavy atom. The van der Waals surface area contributed by atoms with Crippen molar-refractivity contribution in [3.05, 3.63) is 40.1 Å². The molecule has 6 nitrogen and oxygen atoms in total. The minimum Gasteiger partial charge on any atom is -0.295 e. The molecule has 10 heteroatoms. The van der Waals surface area contributed by atoms with E-state index in [0.29, 0.717) is 4.68 Å². The zero-order valence-corrected chi connectivity index (χ0v) is 11.9. The van der Waals surface area contributed by atoms with Crippen molar-refractivity contribution >= 4 is 22.6 Å². The molecule has 3 rings (SSSR count). The fraction of sp³-hybridized carbons (Fsp3) is 0.286. The Balaban J connectivity index is 2.32. The molecule has 0 radical (unpaired) electrons. The molecule has 1 atom stereocenters. The second kappa shape index (κ2) is 5.39. The van der Waals surface area contributed by atoms with Crippen LogP contribution in [0, 0.1) is 5.82 Å². The number of piperidine rings is 1. The number of aromatic nitrogens is 2. The molecule has 1 aliphatic rings. The van der Waals surface area contributed by atoms with Crippen LogP contribution in [0.4, 0.5) is 17.6 Å². The largest absolute Gasteiger partial charge is 0.435 e. The highest BCUT2D eigenvalue weighted by Gasteiger charge is 2.39. The highest BCUT2D eigenvalue weighted by Crippen LogP contribution is 2.33. The lowest BCUT2D eigenvalue weighted by Crippen LogP contribution is -2.45. The van der Waals surface area contributed by atoms with Crippen molar-refractivity contribution in [3.8, 4) is 0 Å². The van der Waals surface area contributed by atoms with Crippen molar-refractivity contribution in [2.75, 3.05) is 0 Å². The van der Waals surface area contributed by atoms with Crippen LogP contribution in [0.25, 0.3) is 10.8 Å². The summed E-state index contributed by atoms with van der Waals surface area (Å²) < 4.78 is 54.0. The molecule has 2 aromatic rings. The van der Waals surface area contributed by atoms with Crippen LogP contribution in [0.3, 0.4) is 0 Å². The summed E-state index contributed by atoms with van der Waals surface area (Å²) in [4.78, 5) is 35.4. The van der Waals surface area contributed by atoms with Gasteiger partial charge in [-0.3, -0.25) is 19.7 Å². The number of alkyl halides is 3. The Labute approximate surface area is 131 Å². The number of benzene rings is 1. The first-order valence-electron chi connectivity index (χ1n) is 6.82. The number of hydrogen-bond donors (Lipinski definition) is 1. The van der Waals surface area contributed by atoms with E-state index in [-0.39, 0.29) is 12.8 Å². The lowest BCUT2D eigenvalue weighted by molar-refractivity contribution is -0.143. The average molecular weight is 343 g/mol. The molecule has 24 heavy (non-hydrogen) atoms. The predicted octanol–water partition coefficient (Wildman–Crippen LogP) is 1.53. The summed E-state index contributed by atoms with van der Waals surface area (Å²) >= 11 is 0. The van der Waals surface area contributed by atoms with Gasteiger partial charge in [-0.25, -0.2) is 9.07 Å². The number of amides is 2. The number of halogens is 4. The van der Waals surface area contributed by atoms with E-state index in [9.17, 15) is 31.9 Å². The SMILES string of the molecule is O=C1CCC(n2nc(C(F)(F)F)c3cccc(F)c3c2=O)C(=O)N1. The van der Waals surface area contributed by atoms with E-state index in [1.807, 2.05) is 5.32 Å². The van der Waals surface area contributed by atoms with Gasteiger partial charge in [0, 0.05) is 11.8 Å². The van der Waals surface area contributed by atoms with Gasteiger partial charge in [-0.15, -0.1) is 0 Å². The second-order valence-electron chi connectivity index (χ2n) is 5.23. The monoisotopic (exact) mass is 343 g/mol. The number of imide groups is 1. The normalized spacial score (nSPS) is 18.8. The van der Waals surface area contributed by atoms with E-state index in [2.05, 4.69) is 5.10 Å². The van der Waals surface area contributed by atoms with Crippen molar-refractivity contribution in [1.29, 1.82) is 0 Å². The molecule has 126 valence electrons. The smallest absolute Gasteiger partial charge is 0.295 e. The van der Waals surface area contributed by atoms with Crippen molar-refractivity contribution in [2.24, 2.45) is 0 Å². The second-order valence-corrected chi connectivity index (χ2v) is 5.23. The molecular formula is C14H9F4N3O3. The van der Waals surface area contributed by atoms with Crippen LogP contribution < -0.4 is 10.9 Å². The molecular weight excluding hydrogens is 334 g/mol. The Hall–Kier alpha value is -2.78. The molecule has 1 unspecified atom stereocenters.